The fraction of sp³-hybridized carbons (Fsp3) is 0.250. The quantitative estimate of drug-likeness (QED) is 0.619. The molecule has 0 aliphatic carbocycles. The minimum Gasteiger partial charge on any atom is -0.497 e. The van der Waals surface area contributed by atoms with E-state index in [1.54, 1.807) is 7.11 Å². The van der Waals surface area contributed by atoms with Gasteiger partial charge in [-0.2, -0.15) is 0 Å². The minimum atomic E-state index is -0.361. The van der Waals surface area contributed by atoms with E-state index in [1.807, 2.05) is 62.4 Å². The topological polar surface area (TPSA) is 77.2 Å². The molecule has 0 saturated carbocycles. The number of nitrogens with zero attached hydrogens (tertiary/aromatic N) is 2. The number of ether oxygens (including phenoxy) is 1. The average molecular weight is 383 g/mol. The van der Waals surface area contributed by atoms with Gasteiger partial charge in [0.05, 0.1) is 18.8 Å². The summed E-state index contributed by atoms with van der Waals surface area (Å²) in [7, 11) is 1.63. The van der Waals surface area contributed by atoms with E-state index in [-0.39, 0.29) is 11.2 Å². The first kappa shape index (κ1) is 19.0. The predicted molar refractivity (Wildman–Crippen MR) is 105 cm³/mol. The highest BCUT2D eigenvalue weighted by atomic mass is 32.2. The highest BCUT2D eigenvalue weighted by Crippen LogP contribution is 2.24. The van der Waals surface area contributed by atoms with Crippen molar-refractivity contribution in [2.75, 3.05) is 12.4 Å². The molecule has 0 fully saturated rings. The van der Waals surface area contributed by atoms with Crippen molar-refractivity contribution in [1.29, 1.82) is 0 Å². The molecule has 0 radical (unpaired) electrons. The average Bonchev–Trinajstić information content (AvgIpc) is 3.11. The molecule has 7 heteroatoms. The van der Waals surface area contributed by atoms with Crippen molar-refractivity contribution in [3.8, 4) is 5.75 Å². The molecule has 2 aromatic carbocycles. The highest BCUT2D eigenvalue weighted by molar-refractivity contribution is 8.00. The molecule has 0 unspecified atom stereocenters. The Hall–Kier alpha value is -2.80. The highest BCUT2D eigenvalue weighted by Gasteiger charge is 2.18. The standard InChI is InChI=1S/C20H21N3O3S/c1-13-4-8-16(9-5-13)21-19(24)14(2)27-20-23-22-18(26-20)12-15-6-10-17(25-3)11-7-15/h4-11,14H,12H2,1-3H3,(H,21,24)/t14-/m0/s1. The maximum absolute atomic E-state index is 12.3. The van der Waals surface area contributed by atoms with Gasteiger partial charge in [0, 0.05) is 5.69 Å². The lowest BCUT2D eigenvalue weighted by atomic mass is 10.1. The lowest BCUT2D eigenvalue weighted by Gasteiger charge is -2.10. The molecule has 1 N–H and O–H groups in total. The zero-order chi connectivity index (χ0) is 19.2. The minimum absolute atomic E-state index is 0.112. The molecule has 1 atom stereocenters. The SMILES string of the molecule is COc1ccc(Cc2nnc(S[C@@H](C)C(=O)Nc3ccc(C)cc3)o2)cc1. The van der Waals surface area contributed by atoms with Crippen LogP contribution in [0.1, 0.15) is 23.9 Å². The molecule has 1 amide bonds. The summed E-state index contributed by atoms with van der Waals surface area (Å²) < 4.78 is 10.8. The maximum atomic E-state index is 12.3. The molecule has 0 bridgehead atoms. The number of aryl methyl sites for hydroxylation is 1. The molecule has 0 aliphatic rings. The second kappa shape index (κ2) is 8.73. The van der Waals surface area contributed by atoms with Gasteiger partial charge in [0.1, 0.15) is 5.75 Å². The number of amides is 1. The molecule has 6 nitrogen and oxygen atoms in total. The first-order valence-corrected chi connectivity index (χ1v) is 9.41. The van der Waals surface area contributed by atoms with Crippen LogP contribution in [-0.2, 0) is 11.2 Å². The fourth-order valence-electron chi connectivity index (χ4n) is 2.36. The van der Waals surface area contributed by atoms with Crippen molar-refractivity contribution in [1.82, 2.24) is 10.2 Å². The summed E-state index contributed by atoms with van der Waals surface area (Å²) in [5.74, 6) is 1.20. The Morgan fingerprint density at radius 2 is 1.85 bits per heavy atom. The Balaban J connectivity index is 1.55. The van der Waals surface area contributed by atoms with E-state index in [4.69, 9.17) is 9.15 Å². The molecule has 0 saturated heterocycles. The normalized spacial score (nSPS) is 11.8. The summed E-state index contributed by atoms with van der Waals surface area (Å²) in [5, 5.41) is 11.0. The van der Waals surface area contributed by atoms with Gasteiger partial charge < -0.3 is 14.5 Å². The van der Waals surface area contributed by atoms with Gasteiger partial charge in [-0.05, 0) is 43.7 Å². The number of anilines is 1. The van der Waals surface area contributed by atoms with Gasteiger partial charge in [0.25, 0.3) is 5.22 Å². The third kappa shape index (κ3) is 5.34. The van der Waals surface area contributed by atoms with Gasteiger partial charge >= 0.3 is 0 Å². The van der Waals surface area contributed by atoms with Crippen molar-refractivity contribution in [2.24, 2.45) is 0 Å². The number of methoxy groups -OCH3 is 1. The molecule has 3 rings (SSSR count). The van der Waals surface area contributed by atoms with Crippen molar-refractivity contribution in [3.05, 3.63) is 65.5 Å². The van der Waals surface area contributed by atoms with Crippen LogP contribution in [0, 0.1) is 6.92 Å². The summed E-state index contributed by atoms with van der Waals surface area (Å²) >= 11 is 1.24. The van der Waals surface area contributed by atoms with Crippen molar-refractivity contribution >= 4 is 23.4 Å². The van der Waals surface area contributed by atoms with Gasteiger partial charge in [-0.1, -0.05) is 41.6 Å². The van der Waals surface area contributed by atoms with Crippen LogP contribution in [0.15, 0.2) is 58.2 Å². The van der Waals surface area contributed by atoms with E-state index in [9.17, 15) is 4.79 Å². The van der Waals surface area contributed by atoms with E-state index in [1.165, 1.54) is 11.8 Å². The van der Waals surface area contributed by atoms with E-state index in [0.717, 1.165) is 22.6 Å². The lowest BCUT2D eigenvalue weighted by molar-refractivity contribution is -0.115. The van der Waals surface area contributed by atoms with Gasteiger partial charge in [-0.15, -0.1) is 10.2 Å². The zero-order valence-corrected chi connectivity index (χ0v) is 16.2. The van der Waals surface area contributed by atoms with Crippen molar-refractivity contribution < 1.29 is 13.9 Å². The fourth-order valence-corrected chi connectivity index (χ4v) is 3.06. The van der Waals surface area contributed by atoms with Crippen LogP contribution in [0.5, 0.6) is 5.75 Å². The number of carbonyl (C=O) groups is 1. The van der Waals surface area contributed by atoms with Crippen molar-refractivity contribution in [2.45, 2.75) is 30.7 Å². The summed E-state index contributed by atoms with van der Waals surface area (Å²) in [6, 6.07) is 15.3. The number of nitrogens with one attached hydrogen (secondary N) is 1. The van der Waals surface area contributed by atoms with E-state index in [2.05, 4.69) is 15.5 Å². The Kier molecular flexibility index (Phi) is 6.13. The van der Waals surface area contributed by atoms with Crippen LogP contribution in [0.2, 0.25) is 0 Å². The largest absolute Gasteiger partial charge is 0.497 e. The second-order valence-corrected chi connectivity index (χ2v) is 7.39. The summed E-state index contributed by atoms with van der Waals surface area (Å²) in [6.07, 6.45) is 0.529. The molecule has 3 aromatic rings. The number of hydrogen-bond acceptors (Lipinski definition) is 6. The van der Waals surface area contributed by atoms with E-state index >= 15 is 0 Å². The van der Waals surface area contributed by atoms with Crippen LogP contribution >= 0.6 is 11.8 Å². The number of rotatable bonds is 7. The molecule has 1 heterocycles. The number of aromatic nitrogens is 2. The number of benzene rings is 2. The Morgan fingerprint density at radius 1 is 1.15 bits per heavy atom. The van der Waals surface area contributed by atoms with Crippen LogP contribution in [-0.4, -0.2) is 28.5 Å². The first-order valence-electron chi connectivity index (χ1n) is 8.53. The molecule has 0 aliphatic heterocycles. The van der Waals surface area contributed by atoms with Crippen LogP contribution < -0.4 is 10.1 Å². The maximum Gasteiger partial charge on any atom is 0.277 e. The summed E-state index contributed by atoms with van der Waals surface area (Å²) in [6.45, 7) is 3.81. The Morgan fingerprint density at radius 3 is 2.52 bits per heavy atom. The first-order chi connectivity index (χ1) is 13.0. The molecule has 0 spiro atoms. The second-order valence-electron chi connectivity index (χ2n) is 6.10. The van der Waals surface area contributed by atoms with Crippen LogP contribution in [0.3, 0.4) is 0 Å². The van der Waals surface area contributed by atoms with Gasteiger partial charge in [0.2, 0.25) is 11.8 Å². The molecular weight excluding hydrogens is 362 g/mol. The Bertz CT molecular complexity index is 892. The third-order valence-corrected chi connectivity index (χ3v) is 4.86. The smallest absolute Gasteiger partial charge is 0.277 e. The van der Waals surface area contributed by atoms with E-state index < -0.39 is 0 Å². The third-order valence-electron chi connectivity index (χ3n) is 3.93. The van der Waals surface area contributed by atoms with Gasteiger partial charge in [0.15, 0.2) is 0 Å². The van der Waals surface area contributed by atoms with E-state index in [0.29, 0.717) is 17.5 Å². The molecule has 27 heavy (non-hydrogen) atoms. The predicted octanol–water partition coefficient (Wildman–Crippen LogP) is 4.10. The van der Waals surface area contributed by atoms with Gasteiger partial charge in [-0.25, -0.2) is 0 Å². The van der Waals surface area contributed by atoms with Crippen LogP contribution in [0.4, 0.5) is 5.69 Å². The lowest BCUT2D eigenvalue weighted by Crippen LogP contribution is -2.22. The van der Waals surface area contributed by atoms with Crippen LogP contribution in [0.25, 0.3) is 0 Å². The Labute approximate surface area is 162 Å². The molecular formula is C20H21N3O3S. The summed E-state index contributed by atoms with van der Waals surface area (Å²) in [5.41, 5.74) is 2.95. The molecule has 1 aromatic heterocycles. The number of hydrogen-bond donors (Lipinski definition) is 1. The zero-order valence-electron chi connectivity index (χ0n) is 15.4. The molecule has 140 valence electrons. The monoisotopic (exact) mass is 383 g/mol. The number of carbonyl (C=O) groups excluding carboxylic acids is 1. The summed E-state index contributed by atoms with van der Waals surface area (Å²) in [4.78, 5) is 12.3. The number of thioether (sulfide) groups is 1. The van der Waals surface area contributed by atoms with Crippen molar-refractivity contribution in [3.63, 3.8) is 0 Å². The van der Waals surface area contributed by atoms with Gasteiger partial charge in [-0.3, -0.25) is 4.79 Å².